The van der Waals surface area contributed by atoms with Gasteiger partial charge >= 0.3 is 0 Å². The van der Waals surface area contributed by atoms with E-state index in [0.29, 0.717) is 32.6 Å². The van der Waals surface area contributed by atoms with Crippen molar-refractivity contribution < 1.29 is 14.3 Å². The zero-order valence-electron chi connectivity index (χ0n) is 14.8. The largest absolute Gasteiger partial charge is 0.481 e. The maximum Gasteiger partial charge on any atom is 0.224 e. The quantitative estimate of drug-likeness (QED) is 0.786. The van der Waals surface area contributed by atoms with Crippen molar-refractivity contribution in [1.82, 2.24) is 20.0 Å². The van der Waals surface area contributed by atoms with E-state index >= 15 is 0 Å². The van der Waals surface area contributed by atoms with E-state index in [2.05, 4.69) is 10.4 Å². The van der Waals surface area contributed by atoms with Crippen LogP contribution in [-0.4, -0.2) is 59.5 Å². The van der Waals surface area contributed by atoms with Crippen molar-refractivity contribution in [1.29, 1.82) is 0 Å². The van der Waals surface area contributed by atoms with Gasteiger partial charge in [0.05, 0.1) is 30.6 Å². The summed E-state index contributed by atoms with van der Waals surface area (Å²) in [5.74, 6) is 0.937. The number of rotatable bonds is 6. The number of amides is 1. The Bertz CT molecular complexity index is 534. The zero-order valence-corrected chi connectivity index (χ0v) is 14.8. The van der Waals surface area contributed by atoms with Gasteiger partial charge in [-0.15, -0.1) is 0 Å². The number of carbonyl (C=O) groups is 1. The molecule has 2 rings (SSSR count). The standard InChI is InChI=1S/C16H28N4O3/c1-11-9-20(10-12(2)23-11)15(21)6-7-17-8-14-13(3)18-19(4)16(14)22-5/h11-12,17H,6-10H2,1-5H3/t11-,12-/m1/s1. The molecule has 23 heavy (non-hydrogen) atoms. The minimum absolute atomic E-state index is 0.109. The molecule has 1 aromatic heterocycles. The van der Waals surface area contributed by atoms with E-state index < -0.39 is 0 Å². The summed E-state index contributed by atoms with van der Waals surface area (Å²) >= 11 is 0. The van der Waals surface area contributed by atoms with Gasteiger partial charge in [-0.2, -0.15) is 5.10 Å². The molecule has 0 radical (unpaired) electrons. The maximum atomic E-state index is 12.3. The Hall–Kier alpha value is -1.60. The first-order valence-corrected chi connectivity index (χ1v) is 8.12. The van der Waals surface area contributed by atoms with Crippen molar-refractivity contribution in [3.05, 3.63) is 11.3 Å². The molecular weight excluding hydrogens is 296 g/mol. The van der Waals surface area contributed by atoms with Crippen LogP contribution in [0.1, 0.15) is 31.5 Å². The molecule has 1 aliphatic heterocycles. The van der Waals surface area contributed by atoms with Gasteiger partial charge in [-0.3, -0.25) is 4.79 Å². The van der Waals surface area contributed by atoms with Crippen LogP contribution in [0, 0.1) is 6.92 Å². The second-order valence-electron chi connectivity index (χ2n) is 6.18. The molecule has 1 aliphatic rings. The summed E-state index contributed by atoms with van der Waals surface area (Å²) in [4.78, 5) is 14.2. The van der Waals surface area contributed by atoms with Gasteiger partial charge in [0.25, 0.3) is 0 Å². The van der Waals surface area contributed by atoms with Crippen LogP contribution in [0.5, 0.6) is 5.88 Å². The second-order valence-corrected chi connectivity index (χ2v) is 6.18. The number of ether oxygens (including phenoxy) is 2. The van der Waals surface area contributed by atoms with Crippen molar-refractivity contribution in [3.8, 4) is 5.88 Å². The number of methoxy groups -OCH3 is 1. The van der Waals surface area contributed by atoms with Gasteiger partial charge in [-0.1, -0.05) is 0 Å². The lowest BCUT2D eigenvalue weighted by Crippen LogP contribution is -2.48. The summed E-state index contributed by atoms with van der Waals surface area (Å²) in [7, 11) is 3.50. The van der Waals surface area contributed by atoms with Crippen LogP contribution in [0.15, 0.2) is 0 Å². The normalized spacial score (nSPS) is 21.5. The predicted molar refractivity (Wildman–Crippen MR) is 87.4 cm³/mol. The van der Waals surface area contributed by atoms with Crippen LogP contribution in [0.25, 0.3) is 0 Å². The molecule has 0 aliphatic carbocycles. The van der Waals surface area contributed by atoms with Crippen LogP contribution in [-0.2, 0) is 23.1 Å². The smallest absolute Gasteiger partial charge is 0.224 e. The summed E-state index contributed by atoms with van der Waals surface area (Å²) in [6.45, 7) is 8.61. The van der Waals surface area contributed by atoms with Crippen molar-refractivity contribution in [3.63, 3.8) is 0 Å². The number of aryl methyl sites for hydroxylation is 2. The monoisotopic (exact) mass is 324 g/mol. The van der Waals surface area contributed by atoms with Crippen molar-refractivity contribution in [2.45, 2.75) is 45.9 Å². The van der Waals surface area contributed by atoms with Gasteiger partial charge in [-0.05, 0) is 20.8 Å². The first kappa shape index (κ1) is 17.7. The molecule has 1 saturated heterocycles. The number of morpholine rings is 1. The number of nitrogens with one attached hydrogen (secondary N) is 1. The maximum absolute atomic E-state index is 12.3. The molecule has 1 fully saturated rings. The van der Waals surface area contributed by atoms with Gasteiger partial charge < -0.3 is 19.7 Å². The molecule has 2 atom stereocenters. The molecule has 7 heteroatoms. The Morgan fingerprint density at radius 2 is 2.04 bits per heavy atom. The lowest BCUT2D eigenvalue weighted by molar-refractivity contribution is -0.143. The zero-order chi connectivity index (χ0) is 17.0. The Kier molecular flexibility index (Phi) is 6.01. The van der Waals surface area contributed by atoms with E-state index in [0.717, 1.165) is 17.1 Å². The Morgan fingerprint density at radius 1 is 1.39 bits per heavy atom. The van der Waals surface area contributed by atoms with E-state index in [1.807, 2.05) is 32.7 Å². The molecule has 130 valence electrons. The molecule has 0 saturated carbocycles. The fourth-order valence-electron chi connectivity index (χ4n) is 3.09. The number of carbonyl (C=O) groups excluding carboxylic acids is 1. The van der Waals surface area contributed by atoms with Gasteiger partial charge in [0.2, 0.25) is 11.8 Å². The van der Waals surface area contributed by atoms with E-state index in [1.165, 1.54) is 0 Å². The first-order chi connectivity index (χ1) is 10.9. The third-order valence-electron chi connectivity index (χ3n) is 4.07. The van der Waals surface area contributed by atoms with Crippen LogP contribution in [0.2, 0.25) is 0 Å². The van der Waals surface area contributed by atoms with Crippen molar-refractivity contribution >= 4 is 5.91 Å². The second kappa shape index (κ2) is 7.79. The molecule has 0 spiro atoms. The van der Waals surface area contributed by atoms with E-state index in [4.69, 9.17) is 9.47 Å². The summed E-state index contributed by atoms with van der Waals surface area (Å²) in [5.41, 5.74) is 1.98. The SMILES string of the molecule is COc1c(CNCCC(=O)N2C[C@@H](C)O[C@H](C)C2)c(C)nn1C. The lowest BCUT2D eigenvalue weighted by atomic mass is 10.2. The van der Waals surface area contributed by atoms with Gasteiger partial charge in [0.1, 0.15) is 0 Å². The van der Waals surface area contributed by atoms with E-state index in [9.17, 15) is 4.79 Å². The Labute approximate surface area is 137 Å². The van der Waals surface area contributed by atoms with Gasteiger partial charge in [0, 0.05) is 39.6 Å². The molecule has 1 N–H and O–H groups in total. The van der Waals surface area contributed by atoms with E-state index in [-0.39, 0.29) is 18.1 Å². The van der Waals surface area contributed by atoms with E-state index in [1.54, 1.807) is 11.8 Å². The highest BCUT2D eigenvalue weighted by Crippen LogP contribution is 2.20. The predicted octanol–water partition coefficient (Wildman–Crippen LogP) is 0.853. The molecule has 1 aromatic rings. The minimum Gasteiger partial charge on any atom is -0.481 e. The number of hydrogen-bond acceptors (Lipinski definition) is 5. The first-order valence-electron chi connectivity index (χ1n) is 8.12. The summed E-state index contributed by atoms with van der Waals surface area (Å²) in [6, 6.07) is 0. The average Bonchev–Trinajstić information content (AvgIpc) is 2.75. The van der Waals surface area contributed by atoms with Crippen molar-refractivity contribution in [2.24, 2.45) is 7.05 Å². The highest BCUT2D eigenvalue weighted by molar-refractivity contribution is 5.76. The molecule has 0 unspecified atom stereocenters. The molecule has 1 amide bonds. The molecule has 7 nitrogen and oxygen atoms in total. The molecule has 0 bridgehead atoms. The highest BCUT2D eigenvalue weighted by atomic mass is 16.5. The fourth-order valence-corrected chi connectivity index (χ4v) is 3.09. The Balaban J connectivity index is 1.78. The summed E-state index contributed by atoms with van der Waals surface area (Å²) < 4.78 is 12.8. The topological polar surface area (TPSA) is 68.6 Å². The highest BCUT2D eigenvalue weighted by Gasteiger charge is 2.25. The average molecular weight is 324 g/mol. The third kappa shape index (κ3) is 4.45. The van der Waals surface area contributed by atoms with Crippen LogP contribution in [0.3, 0.4) is 0 Å². The molecule has 0 aromatic carbocycles. The van der Waals surface area contributed by atoms with Gasteiger partial charge in [-0.25, -0.2) is 4.68 Å². The van der Waals surface area contributed by atoms with Gasteiger partial charge in [0.15, 0.2) is 0 Å². The third-order valence-corrected chi connectivity index (χ3v) is 4.07. The molecular formula is C16H28N4O3. The molecule has 2 heterocycles. The van der Waals surface area contributed by atoms with Crippen LogP contribution in [0.4, 0.5) is 0 Å². The van der Waals surface area contributed by atoms with Crippen LogP contribution < -0.4 is 10.1 Å². The lowest BCUT2D eigenvalue weighted by Gasteiger charge is -2.35. The summed E-state index contributed by atoms with van der Waals surface area (Å²) in [6.07, 6.45) is 0.706. The van der Waals surface area contributed by atoms with Crippen molar-refractivity contribution in [2.75, 3.05) is 26.7 Å². The fraction of sp³-hybridized carbons (Fsp3) is 0.750. The summed E-state index contributed by atoms with van der Waals surface area (Å²) in [5, 5.41) is 7.66. The number of nitrogens with zero attached hydrogens (tertiary/aromatic N) is 3. The van der Waals surface area contributed by atoms with Crippen LogP contribution >= 0.6 is 0 Å². The number of hydrogen-bond donors (Lipinski definition) is 1. The number of aromatic nitrogens is 2. The Morgan fingerprint density at radius 3 is 2.65 bits per heavy atom. The minimum atomic E-state index is 0.109.